The van der Waals surface area contributed by atoms with Crippen LogP contribution in [-0.2, 0) is 0 Å². The lowest BCUT2D eigenvalue weighted by atomic mass is 10.1. The minimum absolute atomic E-state index is 0.405. The van der Waals surface area contributed by atoms with Crippen molar-refractivity contribution < 1.29 is 0 Å². The summed E-state index contributed by atoms with van der Waals surface area (Å²) in [6.45, 7) is 2.83. The van der Waals surface area contributed by atoms with E-state index in [4.69, 9.17) is 5.73 Å². The topological polar surface area (TPSA) is 43.8 Å². The Morgan fingerprint density at radius 2 is 2.17 bits per heavy atom. The van der Waals surface area contributed by atoms with Gasteiger partial charge in [0.2, 0.25) is 0 Å². The van der Waals surface area contributed by atoms with Gasteiger partial charge in [0.15, 0.2) is 0 Å². The monoisotopic (exact) mass is 241 g/mol. The van der Waals surface area contributed by atoms with E-state index in [0.717, 1.165) is 5.92 Å². The van der Waals surface area contributed by atoms with E-state index in [9.17, 15) is 0 Å². The normalized spacial score (nSPS) is 16.8. The lowest BCUT2D eigenvalue weighted by Crippen LogP contribution is -2.21. The van der Waals surface area contributed by atoms with E-state index in [1.54, 1.807) is 0 Å². The number of aryl methyl sites for hydroxylation is 1. The number of imidazole rings is 1. The van der Waals surface area contributed by atoms with Crippen LogP contribution < -0.4 is 5.73 Å². The third kappa shape index (κ3) is 1.95. The molecule has 2 aromatic rings. The third-order valence-corrected chi connectivity index (χ3v) is 3.85. The molecule has 1 aliphatic rings. The maximum absolute atomic E-state index is 5.94. The summed E-state index contributed by atoms with van der Waals surface area (Å²) in [4.78, 5) is 4.33. The Kier molecular flexibility index (Phi) is 2.92. The number of hydrogen-bond acceptors (Lipinski definition) is 2. The molecule has 3 nitrogen and oxygen atoms in total. The Labute approximate surface area is 108 Å². The van der Waals surface area contributed by atoms with Gasteiger partial charge in [-0.1, -0.05) is 24.3 Å². The molecule has 1 aliphatic carbocycles. The molecule has 94 valence electrons. The maximum atomic E-state index is 5.94. The molecular weight excluding hydrogens is 222 g/mol. The zero-order chi connectivity index (χ0) is 12.5. The van der Waals surface area contributed by atoms with Crippen molar-refractivity contribution in [2.75, 3.05) is 6.54 Å². The minimum Gasteiger partial charge on any atom is -0.328 e. The van der Waals surface area contributed by atoms with Crippen LogP contribution in [0.25, 0.3) is 11.3 Å². The third-order valence-electron chi connectivity index (χ3n) is 3.85. The molecule has 3 rings (SSSR count). The van der Waals surface area contributed by atoms with Gasteiger partial charge in [0.25, 0.3) is 0 Å². The molecule has 0 spiro atoms. The highest BCUT2D eigenvalue weighted by molar-refractivity contribution is 5.63. The van der Waals surface area contributed by atoms with Crippen molar-refractivity contribution in [1.29, 1.82) is 0 Å². The second kappa shape index (κ2) is 4.58. The molecule has 1 atom stereocenters. The summed E-state index contributed by atoms with van der Waals surface area (Å²) in [5, 5.41) is 0. The van der Waals surface area contributed by atoms with Crippen LogP contribution in [0.1, 0.15) is 24.4 Å². The fourth-order valence-corrected chi connectivity index (χ4v) is 2.65. The van der Waals surface area contributed by atoms with Crippen molar-refractivity contribution in [1.82, 2.24) is 9.55 Å². The second-order valence-corrected chi connectivity index (χ2v) is 5.14. The Bertz CT molecular complexity index is 540. The van der Waals surface area contributed by atoms with Crippen LogP contribution in [0.3, 0.4) is 0 Å². The predicted molar refractivity (Wildman–Crippen MR) is 73.2 cm³/mol. The van der Waals surface area contributed by atoms with E-state index in [-0.39, 0.29) is 0 Å². The molecule has 1 aromatic carbocycles. The average Bonchev–Trinajstić information content (AvgIpc) is 3.10. The van der Waals surface area contributed by atoms with Gasteiger partial charge < -0.3 is 10.3 Å². The first kappa shape index (κ1) is 11.5. The SMILES string of the molecule is Cc1ccccc1-c1cncn1C(CN)C1CC1. The van der Waals surface area contributed by atoms with Crippen molar-refractivity contribution in [2.45, 2.75) is 25.8 Å². The molecular formula is C15H19N3. The standard InChI is InChI=1S/C15H19N3/c1-11-4-2-3-5-13(11)15-9-17-10-18(15)14(8-16)12-6-7-12/h2-5,9-10,12,14H,6-8,16H2,1H3. The van der Waals surface area contributed by atoms with Gasteiger partial charge >= 0.3 is 0 Å². The number of aromatic nitrogens is 2. The highest BCUT2D eigenvalue weighted by Gasteiger charge is 2.32. The van der Waals surface area contributed by atoms with E-state index in [0.29, 0.717) is 12.6 Å². The number of hydrogen-bond donors (Lipinski definition) is 1. The predicted octanol–water partition coefficient (Wildman–Crippen LogP) is 2.77. The lowest BCUT2D eigenvalue weighted by Gasteiger charge is -2.19. The molecule has 0 radical (unpaired) electrons. The van der Waals surface area contributed by atoms with E-state index in [1.165, 1.54) is 29.7 Å². The van der Waals surface area contributed by atoms with Crippen LogP contribution in [-0.4, -0.2) is 16.1 Å². The zero-order valence-electron chi connectivity index (χ0n) is 10.7. The van der Waals surface area contributed by atoms with Gasteiger partial charge in [-0.05, 0) is 31.2 Å². The van der Waals surface area contributed by atoms with Gasteiger partial charge in [0, 0.05) is 12.1 Å². The summed E-state index contributed by atoms with van der Waals surface area (Å²) in [6.07, 6.45) is 6.48. The molecule has 0 saturated heterocycles. The molecule has 0 aliphatic heterocycles. The van der Waals surface area contributed by atoms with Crippen molar-refractivity contribution >= 4 is 0 Å². The molecule has 1 unspecified atom stereocenters. The number of benzene rings is 1. The van der Waals surface area contributed by atoms with Crippen molar-refractivity contribution in [3.8, 4) is 11.3 Å². The Morgan fingerprint density at radius 1 is 1.39 bits per heavy atom. The molecule has 2 N–H and O–H groups in total. The molecule has 1 saturated carbocycles. The van der Waals surface area contributed by atoms with Gasteiger partial charge in [0.1, 0.15) is 0 Å². The molecule has 0 bridgehead atoms. The smallest absolute Gasteiger partial charge is 0.0954 e. The minimum atomic E-state index is 0.405. The van der Waals surface area contributed by atoms with Gasteiger partial charge in [-0.2, -0.15) is 0 Å². The first-order chi connectivity index (χ1) is 8.81. The van der Waals surface area contributed by atoms with Crippen molar-refractivity contribution in [3.05, 3.63) is 42.4 Å². The van der Waals surface area contributed by atoms with Gasteiger partial charge in [0.05, 0.1) is 24.3 Å². The maximum Gasteiger partial charge on any atom is 0.0954 e. The van der Waals surface area contributed by atoms with E-state index < -0.39 is 0 Å². The van der Waals surface area contributed by atoms with Crippen molar-refractivity contribution in [3.63, 3.8) is 0 Å². The number of rotatable bonds is 4. The van der Waals surface area contributed by atoms with Gasteiger partial charge in [-0.15, -0.1) is 0 Å². The summed E-state index contributed by atoms with van der Waals surface area (Å²) in [5.74, 6) is 0.743. The van der Waals surface area contributed by atoms with Crippen LogP contribution in [0.4, 0.5) is 0 Å². The van der Waals surface area contributed by atoms with E-state index in [2.05, 4.69) is 40.7 Å². The van der Waals surface area contributed by atoms with Crippen LogP contribution >= 0.6 is 0 Å². The fraction of sp³-hybridized carbons (Fsp3) is 0.400. The zero-order valence-corrected chi connectivity index (χ0v) is 10.7. The van der Waals surface area contributed by atoms with Crippen LogP contribution in [0.5, 0.6) is 0 Å². The lowest BCUT2D eigenvalue weighted by molar-refractivity contribution is 0.458. The summed E-state index contributed by atoms with van der Waals surface area (Å²) in [6, 6.07) is 8.85. The molecule has 18 heavy (non-hydrogen) atoms. The van der Waals surface area contributed by atoms with Crippen LogP contribution in [0, 0.1) is 12.8 Å². The highest BCUT2D eigenvalue weighted by atomic mass is 15.1. The molecule has 1 aromatic heterocycles. The fourth-order valence-electron chi connectivity index (χ4n) is 2.65. The van der Waals surface area contributed by atoms with Gasteiger partial charge in [-0.25, -0.2) is 4.98 Å². The Morgan fingerprint density at radius 3 is 2.83 bits per heavy atom. The molecule has 0 amide bonds. The summed E-state index contributed by atoms with van der Waals surface area (Å²) in [7, 11) is 0. The Balaban J connectivity index is 2.03. The largest absolute Gasteiger partial charge is 0.328 e. The van der Waals surface area contributed by atoms with Crippen LogP contribution in [0.15, 0.2) is 36.8 Å². The molecule has 1 fully saturated rings. The summed E-state index contributed by atoms with van der Waals surface area (Å²) >= 11 is 0. The van der Waals surface area contributed by atoms with Gasteiger partial charge in [-0.3, -0.25) is 0 Å². The second-order valence-electron chi connectivity index (χ2n) is 5.14. The Hall–Kier alpha value is -1.61. The first-order valence-corrected chi connectivity index (χ1v) is 6.59. The molecule has 3 heteroatoms. The van der Waals surface area contributed by atoms with Crippen LogP contribution in [0.2, 0.25) is 0 Å². The first-order valence-electron chi connectivity index (χ1n) is 6.59. The quantitative estimate of drug-likeness (QED) is 0.894. The summed E-state index contributed by atoms with van der Waals surface area (Å²) in [5.41, 5.74) is 9.67. The number of nitrogens with two attached hydrogens (primary N) is 1. The van der Waals surface area contributed by atoms with Crippen molar-refractivity contribution in [2.24, 2.45) is 11.7 Å². The highest BCUT2D eigenvalue weighted by Crippen LogP contribution is 2.41. The summed E-state index contributed by atoms with van der Waals surface area (Å²) < 4.78 is 2.26. The van der Waals surface area contributed by atoms with E-state index in [1.807, 2.05) is 12.5 Å². The number of nitrogens with zero attached hydrogens (tertiary/aromatic N) is 2. The molecule has 1 heterocycles. The van der Waals surface area contributed by atoms with E-state index >= 15 is 0 Å². The average molecular weight is 241 g/mol.